The first-order valence-electron chi connectivity index (χ1n) is 12.0. The molecule has 1 fully saturated rings. The molecule has 34 heavy (non-hydrogen) atoms. The third kappa shape index (κ3) is 5.29. The minimum atomic E-state index is -3.35. The van der Waals surface area contributed by atoms with Crippen LogP contribution in [-0.2, 0) is 27.6 Å². The van der Waals surface area contributed by atoms with Gasteiger partial charge in [0.05, 0.1) is 12.4 Å². The van der Waals surface area contributed by atoms with Gasteiger partial charge in [-0.2, -0.15) is 0 Å². The average Bonchev–Trinajstić information content (AvgIpc) is 2.99. The number of benzene rings is 3. The van der Waals surface area contributed by atoms with Crippen molar-refractivity contribution in [3.05, 3.63) is 94.5 Å². The highest BCUT2D eigenvalue weighted by Crippen LogP contribution is 2.40. The minimum Gasteiger partial charge on any atom is -0.491 e. The Bertz CT molecular complexity index is 1260. The maximum Gasteiger partial charge on any atom is 0.229 e. The Labute approximate surface area is 202 Å². The third-order valence-electron chi connectivity index (χ3n) is 6.69. The van der Waals surface area contributed by atoms with Crippen LogP contribution in [0.25, 0.3) is 0 Å². The molecule has 0 amide bonds. The average molecular weight is 478 g/mol. The quantitative estimate of drug-likeness (QED) is 0.524. The summed E-state index contributed by atoms with van der Waals surface area (Å²) in [7, 11) is -3.35. The van der Waals surface area contributed by atoms with Gasteiger partial charge in [0, 0.05) is 18.2 Å². The van der Waals surface area contributed by atoms with Crippen LogP contribution in [-0.4, -0.2) is 34.0 Å². The molecule has 0 saturated carbocycles. The summed E-state index contributed by atoms with van der Waals surface area (Å²) >= 11 is 0. The van der Waals surface area contributed by atoms with E-state index in [9.17, 15) is 8.42 Å². The second-order valence-corrected chi connectivity index (χ2v) is 11.0. The molecule has 3 aromatic carbocycles. The number of aryl methyl sites for hydroxylation is 2. The number of sulfonamides is 1. The molecule has 6 heteroatoms. The second kappa shape index (κ2) is 9.80. The van der Waals surface area contributed by atoms with Crippen LogP contribution >= 0.6 is 0 Å². The second-order valence-electron chi connectivity index (χ2n) is 9.29. The summed E-state index contributed by atoms with van der Waals surface area (Å²) in [6.07, 6.45) is 6.63. The number of fused-ring (bicyclic) bond motifs is 2. The van der Waals surface area contributed by atoms with Crippen molar-refractivity contribution in [1.82, 2.24) is 0 Å². The monoisotopic (exact) mass is 477 g/mol. The predicted molar refractivity (Wildman–Crippen MR) is 135 cm³/mol. The van der Waals surface area contributed by atoms with Gasteiger partial charge in [0.25, 0.3) is 0 Å². The van der Waals surface area contributed by atoms with Gasteiger partial charge in [-0.25, -0.2) is 8.42 Å². The molecule has 1 heterocycles. The van der Waals surface area contributed by atoms with Gasteiger partial charge in [0.2, 0.25) is 10.0 Å². The zero-order chi connectivity index (χ0) is 23.5. The molecule has 5 rings (SSSR count). The van der Waals surface area contributed by atoms with Gasteiger partial charge < -0.3 is 9.47 Å². The molecule has 0 spiro atoms. The van der Waals surface area contributed by atoms with E-state index in [1.807, 2.05) is 12.1 Å². The maximum absolute atomic E-state index is 11.8. The molecule has 1 aliphatic carbocycles. The molecular weight excluding hydrogens is 446 g/mol. The molecule has 1 saturated heterocycles. The Hall–Kier alpha value is -2.83. The van der Waals surface area contributed by atoms with Crippen molar-refractivity contribution in [3.8, 4) is 5.75 Å². The Balaban J connectivity index is 1.50. The first-order valence-corrected chi connectivity index (χ1v) is 13.9. The number of ether oxygens (including phenoxy) is 2. The van der Waals surface area contributed by atoms with Crippen LogP contribution in [0.2, 0.25) is 0 Å². The fourth-order valence-corrected chi connectivity index (χ4v) is 5.69. The molecule has 1 N–H and O–H groups in total. The number of nitrogens with one attached hydrogen (secondary N) is 1. The zero-order valence-electron chi connectivity index (χ0n) is 19.5. The van der Waals surface area contributed by atoms with Crippen LogP contribution in [0.5, 0.6) is 5.75 Å². The Kier molecular flexibility index (Phi) is 6.61. The maximum atomic E-state index is 11.8. The van der Waals surface area contributed by atoms with Gasteiger partial charge in [-0.1, -0.05) is 42.5 Å². The number of anilines is 1. The van der Waals surface area contributed by atoms with E-state index in [0.717, 1.165) is 43.6 Å². The lowest BCUT2D eigenvalue weighted by molar-refractivity contribution is -0.0110. The first-order chi connectivity index (χ1) is 16.5. The van der Waals surface area contributed by atoms with Gasteiger partial charge in [0.1, 0.15) is 12.4 Å². The SMILES string of the molecule is CS(=O)(=O)Nc1cccc(C2c3ccccc3CCc3cc(OCC4CCCCO4)ccc32)c1. The summed E-state index contributed by atoms with van der Waals surface area (Å²) in [5, 5.41) is 0. The van der Waals surface area contributed by atoms with Crippen LogP contribution in [0.4, 0.5) is 5.69 Å². The van der Waals surface area contributed by atoms with E-state index in [1.165, 1.54) is 34.9 Å². The molecule has 0 bridgehead atoms. The minimum absolute atomic E-state index is 0.0192. The molecule has 0 radical (unpaired) electrons. The smallest absolute Gasteiger partial charge is 0.229 e. The first kappa shape index (κ1) is 22.9. The number of rotatable bonds is 6. The fourth-order valence-electron chi connectivity index (χ4n) is 5.13. The van der Waals surface area contributed by atoms with Crippen LogP contribution in [0.1, 0.15) is 53.0 Å². The molecule has 5 nitrogen and oxygen atoms in total. The highest BCUT2D eigenvalue weighted by Gasteiger charge is 2.26. The zero-order valence-corrected chi connectivity index (χ0v) is 20.3. The summed E-state index contributed by atoms with van der Waals surface area (Å²) < 4.78 is 38.2. The van der Waals surface area contributed by atoms with Crippen molar-refractivity contribution in [1.29, 1.82) is 0 Å². The topological polar surface area (TPSA) is 64.6 Å². The van der Waals surface area contributed by atoms with E-state index in [4.69, 9.17) is 9.47 Å². The van der Waals surface area contributed by atoms with E-state index >= 15 is 0 Å². The Morgan fingerprint density at radius 3 is 2.59 bits per heavy atom. The van der Waals surface area contributed by atoms with Crippen LogP contribution in [0, 0.1) is 0 Å². The lowest BCUT2D eigenvalue weighted by Crippen LogP contribution is -2.25. The standard InChI is InChI=1S/C28H31NO4S/c1-34(30,31)29-23-9-6-8-22(17-23)28-26-11-3-2-7-20(26)12-13-21-18-24(14-15-27(21)28)33-19-25-10-4-5-16-32-25/h2-3,6-9,11,14-15,17-18,25,28-29H,4-5,10,12-13,16,19H2,1H3. The summed E-state index contributed by atoms with van der Waals surface area (Å²) in [5.41, 5.74) is 6.74. The van der Waals surface area contributed by atoms with E-state index in [2.05, 4.69) is 53.3 Å². The molecule has 0 aromatic heterocycles. The summed E-state index contributed by atoms with van der Waals surface area (Å²) in [5.74, 6) is 0.899. The largest absolute Gasteiger partial charge is 0.491 e. The van der Waals surface area contributed by atoms with Crippen LogP contribution in [0.3, 0.4) is 0 Å². The van der Waals surface area contributed by atoms with E-state index < -0.39 is 10.0 Å². The molecule has 3 aromatic rings. The number of hydrogen-bond acceptors (Lipinski definition) is 4. The van der Waals surface area contributed by atoms with Crippen molar-refractivity contribution in [2.75, 3.05) is 24.2 Å². The van der Waals surface area contributed by atoms with Crippen LogP contribution in [0.15, 0.2) is 66.7 Å². The van der Waals surface area contributed by atoms with Crippen molar-refractivity contribution < 1.29 is 17.9 Å². The molecule has 178 valence electrons. The normalized spacial score (nSPS) is 20.0. The van der Waals surface area contributed by atoms with Crippen molar-refractivity contribution in [2.45, 2.75) is 44.1 Å². The van der Waals surface area contributed by atoms with E-state index in [-0.39, 0.29) is 12.0 Å². The lowest BCUT2D eigenvalue weighted by atomic mass is 9.82. The highest BCUT2D eigenvalue weighted by atomic mass is 32.2. The summed E-state index contributed by atoms with van der Waals surface area (Å²) in [6, 6.07) is 22.7. The van der Waals surface area contributed by atoms with Crippen molar-refractivity contribution in [3.63, 3.8) is 0 Å². The van der Waals surface area contributed by atoms with E-state index in [1.54, 1.807) is 6.07 Å². The summed E-state index contributed by atoms with van der Waals surface area (Å²) in [4.78, 5) is 0. The summed E-state index contributed by atoms with van der Waals surface area (Å²) in [6.45, 7) is 1.41. The molecule has 2 atom stereocenters. The van der Waals surface area contributed by atoms with Crippen molar-refractivity contribution in [2.24, 2.45) is 0 Å². The third-order valence-corrected chi connectivity index (χ3v) is 7.29. The van der Waals surface area contributed by atoms with Gasteiger partial charge >= 0.3 is 0 Å². The molecule has 1 aliphatic heterocycles. The van der Waals surface area contributed by atoms with Gasteiger partial charge in [0.15, 0.2) is 0 Å². The van der Waals surface area contributed by atoms with Gasteiger partial charge in [-0.15, -0.1) is 0 Å². The molecule has 2 aliphatic rings. The molecular formula is C28H31NO4S. The Morgan fingerprint density at radius 1 is 0.941 bits per heavy atom. The number of hydrogen-bond donors (Lipinski definition) is 1. The van der Waals surface area contributed by atoms with Gasteiger partial charge in [-0.3, -0.25) is 4.72 Å². The van der Waals surface area contributed by atoms with Gasteiger partial charge in [-0.05, 0) is 84.2 Å². The lowest BCUT2D eigenvalue weighted by Gasteiger charge is -2.24. The van der Waals surface area contributed by atoms with Crippen molar-refractivity contribution >= 4 is 15.7 Å². The predicted octanol–water partition coefficient (Wildman–Crippen LogP) is 5.28. The highest BCUT2D eigenvalue weighted by molar-refractivity contribution is 7.92. The Morgan fingerprint density at radius 2 is 1.76 bits per heavy atom. The fraction of sp³-hybridized carbons (Fsp3) is 0.357. The van der Waals surface area contributed by atoms with Crippen LogP contribution < -0.4 is 9.46 Å². The molecule has 2 unspecified atom stereocenters. The van der Waals surface area contributed by atoms with E-state index in [0.29, 0.717) is 12.3 Å².